The zero-order valence-electron chi connectivity index (χ0n) is 13.2. The fraction of sp³-hybridized carbons (Fsp3) is 1.00. The third-order valence-electron chi connectivity index (χ3n) is 5.32. The van der Waals surface area contributed by atoms with Crippen molar-refractivity contribution in [1.82, 2.24) is 10.2 Å². The Labute approximate surface area is 120 Å². The van der Waals surface area contributed by atoms with Crippen LogP contribution in [0.4, 0.5) is 0 Å². The zero-order chi connectivity index (χ0) is 13.5. The van der Waals surface area contributed by atoms with Gasteiger partial charge >= 0.3 is 0 Å². The molecule has 1 saturated heterocycles. The Morgan fingerprint density at radius 1 is 1.00 bits per heavy atom. The Bertz CT molecular complexity index is 233. The predicted molar refractivity (Wildman–Crippen MR) is 83.4 cm³/mol. The summed E-state index contributed by atoms with van der Waals surface area (Å²) >= 11 is 0. The summed E-state index contributed by atoms with van der Waals surface area (Å²) in [4.78, 5) is 2.68. The van der Waals surface area contributed by atoms with Gasteiger partial charge in [-0.3, -0.25) is 0 Å². The molecule has 1 aliphatic heterocycles. The van der Waals surface area contributed by atoms with E-state index in [-0.39, 0.29) is 0 Å². The molecule has 2 fully saturated rings. The molecule has 0 aromatic heterocycles. The van der Waals surface area contributed by atoms with Crippen LogP contribution in [0, 0.1) is 17.8 Å². The monoisotopic (exact) mass is 266 g/mol. The van der Waals surface area contributed by atoms with Crippen LogP contribution < -0.4 is 5.32 Å². The van der Waals surface area contributed by atoms with Gasteiger partial charge in [-0.2, -0.15) is 0 Å². The highest BCUT2D eigenvalue weighted by Gasteiger charge is 2.19. The molecule has 1 unspecified atom stereocenters. The van der Waals surface area contributed by atoms with E-state index in [9.17, 15) is 0 Å². The van der Waals surface area contributed by atoms with Gasteiger partial charge in [0.2, 0.25) is 0 Å². The molecule has 1 N–H and O–H groups in total. The zero-order valence-corrected chi connectivity index (χ0v) is 13.2. The second-order valence-electron chi connectivity index (χ2n) is 7.13. The van der Waals surface area contributed by atoms with Crippen LogP contribution in [0.2, 0.25) is 0 Å². The number of likely N-dealkylation sites (tertiary alicyclic amines) is 1. The third kappa shape index (κ3) is 5.43. The lowest BCUT2D eigenvalue weighted by Crippen LogP contribution is -2.34. The summed E-state index contributed by atoms with van der Waals surface area (Å²) in [5.41, 5.74) is 0. The first-order valence-electron chi connectivity index (χ1n) is 8.69. The lowest BCUT2D eigenvalue weighted by atomic mass is 9.89. The number of hydrogen-bond acceptors (Lipinski definition) is 2. The van der Waals surface area contributed by atoms with Crippen LogP contribution in [0.1, 0.15) is 58.8 Å². The molecule has 2 aliphatic rings. The quantitative estimate of drug-likeness (QED) is 0.740. The number of nitrogens with one attached hydrogen (secondary N) is 1. The molecule has 0 spiro atoms. The van der Waals surface area contributed by atoms with E-state index in [2.05, 4.69) is 24.1 Å². The van der Waals surface area contributed by atoms with Gasteiger partial charge in [0, 0.05) is 13.1 Å². The van der Waals surface area contributed by atoms with Crippen LogP contribution in [0.5, 0.6) is 0 Å². The summed E-state index contributed by atoms with van der Waals surface area (Å²) in [5.74, 6) is 2.83. The molecule has 2 nitrogen and oxygen atoms in total. The van der Waals surface area contributed by atoms with Gasteiger partial charge in [0.1, 0.15) is 0 Å². The van der Waals surface area contributed by atoms with E-state index in [1.807, 2.05) is 0 Å². The Kier molecular flexibility index (Phi) is 6.66. The van der Waals surface area contributed by atoms with Crippen LogP contribution in [-0.4, -0.2) is 37.6 Å². The van der Waals surface area contributed by atoms with E-state index >= 15 is 0 Å². The van der Waals surface area contributed by atoms with Crippen LogP contribution >= 0.6 is 0 Å². The Morgan fingerprint density at radius 2 is 1.79 bits per heavy atom. The standard InChI is InChI=1S/C17H34N2/c1-15(2)17-8-5-11-19(12-9-17)13-10-18-14-16-6-3-4-7-16/h15-18H,3-14H2,1-2H3. The number of nitrogens with zero attached hydrogens (tertiary/aromatic N) is 1. The molecular weight excluding hydrogens is 232 g/mol. The van der Waals surface area contributed by atoms with E-state index in [0.29, 0.717) is 0 Å². The summed E-state index contributed by atoms with van der Waals surface area (Å²) in [6.07, 6.45) is 10.1. The minimum absolute atomic E-state index is 0.875. The molecule has 112 valence electrons. The Hall–Kier alpha value is -0.0800. The van der Waals surface area contributed by atoms with Crippen molar-refractivity contribution in [3.05, 3.63) is 0 Å². The number of hydrogen-bond donors (Lipinski definition) is 1. The fourth-order valence-corrected chi connectivity index (χ4v) is 3.83. The van der Waals surface area contributed by atoms with Gasteiger partial charge in [-0.1, -0.05) is 26.7 Å². The largest absolute Gasteiger partial charge is 0.315 e. The van der Waals surface area contributed by atoms with Crippen molar-refractivity contribution in [2.45, 2.75) is 58.8 Å². The maximum Gasteiger partial charge on any atom is 0.0107 e. The van der Waals surface area contributed by atoms with Gasteiger partial charge < -0.3 is 10.2 Å². The average Bonchev–Trinajstić information content (AvgIpc) is 2.79. The maximum absolute atomic E-state index is 3.69. The van der Waals surface area contributed by atoms with E-state index < -0.39 is 0 Å². The maximum atomic E-state index is 3.69. The van der Waals surface area contributed by atoms with E-state index in [0.717, 1.165) is 17.8 Å². The van der Waals surface area contributed by atoms with Gasteiger partial charge in [-0.05, 0) is 69.5 Å². The van der Waals surface area contributed by atoms with Crippen molar-refractivity contribution in [3.63, 3.8) is 0 Å². The highest BCUT2D eigenvalue weighted by atomic mass is 15.1. The molecule has 0 aromatic rings. The summed E-state index contributed by atoms with van der Waals surface area (Å²) < 4.78 is 0. The molecule has 0 aromatic carbocycles. The van der Waals surface area contributed by atoms with Gasteiger partial charge in [-0.15, -0.1) is 0 Å². The lowest BCUT2D eigenvalue weighted by Gasteiger charge is -2.21. The van der Waals surface area contributed by atoms with Crippen molar-refractivity contribution < 1.29 is 0 Å². The summed E-state index contributed by atoms with van der Waals surface area (Å²) in [7, 11) is 0. The van der Waals surface area contributed by atoms with Crippen molar-refractivity contribution in [3.8, 4) is 0 Å². The fourth-order valence-electron chi connectivity index (χ4n) is 3.83. The van der Waals surface area contributed by atoms with Gasteiger partial charge in [0.15, 0.2) is 0 Å². The second kappa shape index (κ2) is 8.26. The SMILES string of the molecule is CC(C)C1CCCN(CCNCC2CCCC2)CC1. The molecule has 19 heavy (non-hydrogen) atoms. The smallest absolute Gasteiger partial charge is 0.0107 e. The predicted octanol–water partition coefficient (Wildman–Crippen LogP) is 3.52. The molecule has 0 amide bonds. The first kappa shape index (κ1) is 15.3. The van der Waals surface area contributed by atoms with E-state index in [1.54, 1.807) is 0 Å². The molecule has 1 atom stereocenters. The van der Waals surface area contributed by atoms with Crippen molar-refractivity contribution in [2.75, 3.05) is 32.7 Å². The Morgan fingerprint density at radius 3 is 2.53 bits per heavy atom. The van der Waals surface area contributed by atoms with Crippen LogP contribution in [0.25, 0.3) is 0 Å². The minimum Gasteiger partial charge on any atom is -0.315 e. The van der Waals surface area contributed by atoms with E-state index in [1.165, 1.54) is 77.7 Å². The molecule has 2 rings (SSSR count). The summed E-state index contributed by atoms with van der Waals surface area (Å²) in [5, 5.41) is 3.69. The van der Waals surface area contributed by atoms with Crippen molar-refractivity contribution in [1.29, 1.82) is 0 Å². The van der Waals surface area contributed by atoms with Gasteiger partial charge in [0.05, 0.1) is 0 Å². The molecule has 0 radical (unpaired) electrons. The highest BCUT2D eigenvalue weighted by molar-refractivity contribution is 4.73. The first-order chi connectivity index (χ1) is 9.25. The van der Waals surface area contributed by atoms with Gasteiger partial charge in [0.25, 0.3) is 0 Å². The molecule has 1 saturated carbocycles. The highest BCUT2D eigenvalue weighted by Crippen LogP contribution is 2.25. The molecule has 1 aliphatic carbocycles. The second-order valence-corrected chi connectivity index (χ2v) is 7.13. The van der Waals surface area contributed by atoms with Crippen LogP contribution in [0.15, 0.2) is 0 Å². The van der Waals surface area contributed by atoms with Crippen LogP contribution in [0.3, 0.4) is 0 Å². The normalized spacial score (nSPS) is 27.0. The van der Waals surface area contributed by atoms with Crippen molar-refractivity contribution in [2.24, 2.45) is 17.8 Å². The number of rotatable bonds is 6. The Balaban J connectivity index is 1.55. The van der Waals surface area contributed by atoms with Gasteiger partial charge in [-0.25, -0.2) is 0 Å². The molecule has 0 bridgehead atoms. The van der Waals surface area contributed by atoms with Crippen LogP contribution in [-0.2, 0) is 0 Å². The van der Waals surface area contributed by atoms with Crippen molar-refractivity contribution >= 4 is 0 Å². The average molecular weight is 266 g/mol. The summed E-state index contributed by atoms with van der Waals surface area (Å²) in [6.45, 7) is 11.2. The lowest BCUT2D eigenvalue weighted by molar-refractivity contribution is 0.269. The van der Waals surface area contributed by atoms with E-state index in [4.69, 9.17) is 0 Å². The topological polar surface area (TPSA) is 15.3 Å². The molecule has 1 heterocycles. The third-order valence-corrected chi connectivity index (χ3v) is 5.32. The molecular formula is C17H34N2. The molecule has 2 heteroatoms. The summed E-state index contributed by atoms with van der Waals surface area (Å²) in [6, 6.07) is 0. The minimum atomic E-state index is 0.875. The first-order valence-corrected chi connectivity index (χ1v) is 8.69.